The van der Waals surface area contributed by atoms with E-state index in [0.717, 1.165) is 29.8 Å². The van der Waals surface area contributed by atoms with Gasteiger partial charge in [-0.15, -0.1) is 0 Å². The third-order valence-corrected chi connectivity index (χ3v) is 4.24. The second kappa shape index (κ2) is 7.38. The van der Waals surface area contributed by atoms with Gasteiger partial charge in [0.1, 0.15) is 6.04 Å². The zero-order valence-corrected chi connectivity index (χ0v) is 14.5. The fourth-order valence-electron chi connectivity index (χ4n) is 2.48. The second-order valence-electron chi connectivity index (χ2n) is 6.50. The number of rotatable bonds is 6. The summed E-state index contributed by atoms with van der Waals surface area (Å²) in [5, 5.41) is 9.04. The van der Waals surface area contributed by atoms with Crippen LogP contribution in [0.4, 0.5) is 11.4 Å². The van der Waals surface area contributed by atoms with Crippen molar-refractivity contribution in [1.29, 1.82) is 0 Å². The molecule has 1 aliphatic rings. The highest BCUT2D eigenvalue weighted by atomic mass is 16.2. The van der Waals surface area contributed by atoms with E-state index in [-0.39, 0.29) is 11.8 Å². The van der Waals surface area contributed by atoms with E-state index in [1.807, 2.05) is 43.3 Å². The standard InChI is InChI=1S/C20H23N3O2/c1-13-5-3-4-6-18(13)23-19(24)14(2)21-16-9-7-15(8-10-16)20(25)22-17-11-12-17/h3-10,14,17,21H,11-12H2,1-2H3,(H,22,25)(H,23,24). The Balaban J connectivity index is 1.56. The molecule has 0 aromatic heterocycles. The maximum atomic E-state index is 12.3. The van der Waals surface area contributed by atoms with E-state index in [1.165, 1.54) is 0 Å². The summed E-state index contributed by atoms with van der Waals surface area (Å²) in [6.07, 6.45) is 2.14. The van der Waals surface area contributed by atoms with Crippen LogP contribution in [0.25, 0.3) is 0 Å². The van der Waals surface area contributed by atoms with Gasteiger partial charge in [0.05, 0.1) is 0 Å². The summed E-state index contributed by atoms with van der Waals surface area (Å²) in [7, 11) is 0. The fourth-order valence-corrected chi connectivity index (χ4v) is 2.48. The van der Waals surface area contributed by atoms with Crippen molar-refractivity contribution in [2.45, 2.75) is 38.8 Å². The molecule has 1 atom stereocenters. The Hall–Kier alpha value is -2.82. The predicted molar refractivity (Wildman–Crippen MR) is 99.8 cm³/mol. The molecule has 1 fully saturated rings. The molecule has 3 rings (SSSR count). The largest absolute Gasteiger partial charge is 0.374 e. The van der Waals surface area contributed by atoms with Crippen molar-refractivity contribution in [2.24, 2.45) is 0 Å². The van der Waals surface area contributed by atoms with Gasteiger partial charge in [-0.3, -0.25) is 9.59 Å². The number of anilines is 2. The minimum absolute atomic E-state index is 0.0422. The highest BCUT2D eigenvalue weighted by Gasteiger charge is 2.23. The number of amides is 2. The molecule has 0 radical (unpaired) electrons. The SMILES string of the molecule is Cc1ccccc1NC(=O)C(C)Nc1ccc(C(=O)NC2CC2)cc1. The third kappa shape index (κ3) is 4.59. The first-order valence-electron chi connectivity index (χ1n) is 8.57. The molecule has 5 heteroatoms. The first kappa shape index (κ1) is 17.0. The quantitative estimate of drug-likeness (QED) is 0.757. The highest BCUT2D eigenvalue weighted by molar-refractivity contribution is 5.97. The van der Waals surface area contributed by atoms with E-state index in [4.69, 9.17) is 0 Å². The lowest BCUT2D eigenvalue weighted by Crippen LogP contribution is -2.32. The summed E-state index contributed by atoms with van der Waals surface area (Å²) in [6, 6.07) is 14.8. The molecule has 1 aliphatic carbocycles. The summed E-state index contributed by atoms with van der Waals surface area (Å²) in [5.74, 6) is -0.149. The molecular formula is C20H23N3O2. The van der Waals surface area contributed by atoms with E-state index in [2.05, 4.69) is 16.0 Å². The fraction of sp³-hybridized carbons (Fsp3) is 0.300. The van der Waals surface area contributed by atoms with E-state index in [0.29, 0.717) is 11.6 Å². The number of hydrogen-bond acceptors (Lipinski definition) is 3. The summed E-state index contributed by atoms with van der Waals surface area (Å²) in [6.45, 7) is 3.76. The summed E-state index contributed by atoms with van der Waals surface area (Å²) in [5.41, 5.74) is 3.27. The molecular weight excluding hydrogens is 314 g/mol. The minimum Gasteiger partial charge on any atom is -0.374 e. The van der Waals surface area contributed by atoms with Crippen LogP contribution < -0.4 is 16.0 Å². The van der Waals surface area contributed by atoms with Gasteiger partial charge in [0.15, 0.2) is 0 Å². The lowest BCUT2D eigenvalue weighted by Gasteiger charge is -2.16. The van der Waals surface area contributed by atoms with Gasteiger partial charge >= 0.3 is 0 Å². The van der Waals surface area contributed by atoms with Crippen molar-refractivity contribution < 1.29 is 9.59 Å². The lowest BCUT2D eigenvalue weighted by atomic mass is 10.1. The molecule has 0 heterocycles. The molecule has 0 aliphatic heterocycles. The van der Waals surface area contributed by atoms with Gasteiger partial charge in [0, 0.05) is 23.0 Å². The maximum absolute atomic E-state index is 12.3. The number of carbonyl (C=O) groups is 2. The molecule has 25 heavy (non-hydrogen) atoms. The van der Waals surface area contributed by atoms with Gasteiger partial charge in [-0.2, -0.15) is 0 Å². The summed E-state index contributed by atoms with van der Waals surface area (Å²) in [4.78, 5) is 24.3. The topological polar surface area (TPSA) is 70.2 Å². The first-order valence-corrected chi connectivity index (χ1v) is 8.57. The summed E-state index contributed by atoms with van der Waals surface area (Å²) >= 11 is 0. The van der Waals surface area contributed by atoms with Gasteiger partial charge in [-0.1, -0.05) is 18.2 Å². The minimum atomic E-state index is -0.397. The van der Waals surface area contributed by atoms with Gasteiger partial charge < -0.3 is 16.0 Å². The molecule has 130 valence electrons. The molecule has 2 aromatic rings. The molecule has 1 unspecified atom stereocenters. The number of carbonyl (C=O) groups excluding carboxylic acids is 2. The molecule has 2 aromatic carbocycles. The van der Waals surface area contributed by atoms with Crippen molar-refractivity contribution in [3.8, 4) is 0 Å². The smallest absolute Gasteiger partial charge is 0.251 e. The zero-order valence-electron chi connectivity index (χ0n) is 14.5. The van der Waals surface area contributed by atoms with Gasteiger partial charge in [-0.05, 0) is 62.6 Å². The van der Waals surface area contributed by atoms with Crippen LogP contribution >= 0.6 is 0 Å². The number of nitrogens with one attached hydrogen (secondary N) is 3. The first-order chi connectivity index (χ1) is 12.0. The molecule has 3 N–H and O–H groups in total. The van der Waals surface area contributed by atoms with Crippen LogP contribution in [-0.2, 0) is 4.79 Å². The van der Waals surface area contributed by atoms with Crippen LogP contribution in [0.3, 0.4) is 0 Å². The average Bonchev–Trinajstić information content (AvgIpc) is 3.41. The van der Waals surface area contributed by atoms with Gasteiger partial charge in [0.2, 0.25) is 5.91 Å². The third-order valence-electron chi connectivity index (χ3n) is 4.24. The van der Waals surface area contributed by atoms with Crippen molar-refractivity contribution in [3.63, 3.8) is 0 Å². The van der Waals surface area contributed by atoms with Gasteiger partial charge in [0.25, 0.3) is 5.91 Å². The van der Waals surface area contributed by atoms with Crippen LogP contribution in [0, 0.1) is 6.92 Å². The number of aryl methyl sites for hydroxylation is 1. The van der Waals surface area contributed by atoms with Crippen molar-refractivity contribution in [3.05, 3.63) is 59.7 Å². The highest BCUT2D eigenvalue weighted by Crippen LogP contribution is 2.20. The van der Waals surface area contributed by atoms with Crippen molar-refractivity contribution in [1.82, 2.24) is 5.32 Å². The summed E-state index contributed by atoms with van der Waals surface area (Å²) < 4.78 is 0. The lowest BCUT2D eigenvalue weighted by molar-refractivity contribution is -0.116. The zero-order chi connectivity index (χ0) is 17.8. The van der Waals surface area contributed by atoms with E-state index in [9.17, 15) is 9.59 Å². The average molecular weight is 337 g/mol. The Bertz CT molecular complexity index is 767. The molecule has 2 amide bonds. The molecule has 5 nitrogen and oxygen atoms in total. The van der Waals surface area contributed by atoms with Crippen LogP contribution in [-0.4, -0.2) is 23.9 Å². The Morgan fingerprint density at radius 1 is 1.04 bits per heavy atom. The van der Waals surface area contributed by atoms with Crippen LogP contribution in [0.2, 0.25) is 0 Å². The predicted octanol–water partition coefficient (Wildman–Crippen LogP) is 3.33. The number of hydrogen-bond donors (Lipinski definition) is 3. The Kier molecular flexibility index (Phi) is 5.03. The number of benzene rings is 2. The second-order valence-corrected chi connectivity index (χ2v) is 6.50. The van der Waals surface area contributed by atoms with Crippen molar-refractivity contribution >= 4 is 23.2 Å². The maximum Gasteiger partial charge on any atom is 0.251 e. The van der Waals surface area contributed by atoms with E-state index in [1.54, 1.807) is 19.1 Å². The van der Waals surface area contributed by atoms with E-state index >= 15 is 0 Å². The van der Waals surface area contributed by atoms with Crippen LogP contribution in [0.1, 0.15) is 35.7 Å². The monoisotopic (exact) mass is 337 g/mol. The molecule has 1 saturated carbocycles. The molecule has 0 bridgehead atoms. The van der Waals surface area contributed by atoms with E-state index < -0.39 is 6.04 Å². The van der Waals surface area contributed by atoms with Crippen LogP contribution in [0.15, 0.2) is 48.5 Å². The van der Waals surface area contributed by atoms with Gasteiger partial charge in [-0.25, -0.2) is 0 Å². The normalized spacial score (nSPS) is 14.5. The molecule has 0 saturated heterocycles. The number of para-hydroxylation sites is 1. The Morgan fingerprint density at radius 3 is 2.36 bits per heavy atom. The van der Waals surface area contributed by atoms with Crippen molar-refractivity contribution in [2.75, 3.05) is 10.6 Å². The molecule has 0 spiro atoms. The van der Waals surface area contributed by atoms with Crippen LogP contribution in [0.5, 0.6) is 0 Å². The Labute approximate surface area is 147 Å². The Morgan fingerprint density at radius 2 is 1.72 bits per heavy atom.